The Morgan fingerprint density at radius 2 is 1.68 bits per heavy atom. The van der Waals surface area contributed by atoms with E-state index in [1.807, 2.05) is 0 Å². The van der Waals surface area contributed by atoms with E-state index in [9.17, 15) is 4.79 Å². The van der Waals surface area contributed by atoms with Gasteiger partial charge in [-0.15, -0.1) is 0 Å². The first kappa shape index (κ1) is 11.8. The fourth-order valence-corrected chi connectivity index (χ4v) is 2.18. The Labute approximate surface area is 114 Å². The van der Waals surface area contributed by atoms with Crippen LogP contribution >= 0.6 is 11.6 Å². The Kier molecular flexibility index (Phi) is 2.76. The minimum Gasteiger partial charge on any atom is -0.440 e. The summed E-state index contributed by atoms with van der Waals surface area (Å²) < 4.78 is 5.50. The summed E-state index contributed by atoms with van der Waals surface area (Å²) in [6, 6.07) is 14.0. The van der Waals surface area contributed by atoms with Crippen LogP contribution in [0.1, 0.15) is 0 Å². The van der Waals surface area contributed by atoms with Gasteiger partial charge >= 0.3 is 0 Å². The number of anilines is 1. The van der Waals surface area contributed by atoms with Crippen LogP contribution in [0.4, 0.5) is 5.88 Å². The second-order valence-electron chi connectivity index (χ2n) is 4.17. The Bertz CT molecular complexity index is 806. The molecule has 0 aliphatic carbocycles. The van der Waals surface area contributed by atoms with E-state index in [4.69, 9.17) is 21.8 Å². The number of fused-ring (bicyclic) bond motifs is 1. The lowest BCUT2D eigenvalue weighted by Crippen LogP contribution is -2.08. The molecule has 1 heterocycles. The van der Waals surface area contributed by atoms with Crippen molar-refractivity contribution < 1.29 is 4.42 Å². The summed E-state index contributed by atoms with van der Waals surface area (Å²) in [7, 11) is 0. The van der Waals surface area contributed by atoms with E-state index in [-0.39, 0.29) is 11.3 Å². The average Bonchev–Trinajstić information content (AvgIpc) is 2.41. The minimum absolute atomic E-state index is 0.117. The van der Waals surface area contributed by atoms with E-state index < -0.39 is 0 Å². The molecule has 2 aromatic carbocycles. The van der Waals surface area contributed by atoms with Crippen LogP contribution < -0.4 is 11.2 Å². The smallest absolute Gasteiger partial charge is 0.202 e. The van der Waals surface area contributed by atoms with Crippen LogP contribution in [-0.4, -0.2) is 0 Å². The molecule has 3 aromatic rings. The summed E-state index contributed by atoms with van der Waals surface area (Å²) in [6.45, 7) is 0. The molecule has 94 valence electrons. The standard InChI is InChI=1S/C15H10ClNO2/c16-10-7-5-9(6-8-10)13-14(18)11-3-1-2-4-12(11)19-15(13)17/h1-8H,17H2. The van der Waals surface area contributed by atoms with Gasteiger partial charge in [-0.25, -0.2) is 0 Å². The zero-order chi connectivity index (χ0) is 13.4. The minimum atomic E-state index is -0.137. The van der Waals surface area contributed by atoms with E-state index >= 15 is 0 Å². The maximum Gasteiger partial charge on any atom is 0.202 e. The number of rotatable bonds is 1. The van der Waals surface area contributed by atoms with Crippen molar-refractivity contribution in [2.75, 3.05) is 5.73 Å². The second kappa shape index (κ2) is 4.44. The summed E-state index contributed by atoms with van der Waals surface area (Å²) in [5, 5.41) is 1.12. The van der Waals surface area contributed by atoms with Crippen LogP contribution in [0.3, 0.4) is 0 Å². The monoisotopic (exact) mass is 271 g/mol. The third-order valence-corrected chi connectivity index (χ3v) is 3.21. The Balaban J connectivity index is 2.35. The predicted octanol–water partition coefficient (Wildman–Crippen LogP) is 3.70. The van der Waals surface area contributed by atoms with Crippen molar-refractivity contribution in [1.82, 2.24) is 0 Å². The number of hydrogen-bond acceptors (Lipinski definition) is 3. The van der Waals surface area contributed by atoms with Crippen LogP contribution in [-0.2, 0) is 0 Å². The van der Waals surface area contributed by atoms with Gasteiger partial charge in [-0.3, -0.25) is 4.79 Å². The molecule has 0 aliphatic rings. The van der Waals surface area contributed by atoms with E-state index in [0.717, 1.165) is 0 Å². The summed E-state index contributed by atoms with van der Waals surface area (Å²) in [4.78, 5) is 12.5. The maximum absolute atomic E-state index is 12.5. The zero-order valence-corrected chi connectivity index (χ0v) is 10.6. The molecule has 0 amide bonds. The lowest BCUT2D eigenvalue weighted by atomic mass is 10.0. The molecule has 3 rings (SSSR count). The molecule has 0 atom stereocenters. The maximum atomic E-state index is 12.5. The van der Waals surface area contributed by atoms with E-state index in [1.165, 1.54) is 0 Å². The van der Waals surface area contributed by atoms with E-state index in [0.29, 0.717) is 27.1 Å². The van der Waals surface area contributed by atoms with Crippen LogP contribution in [0.5, 0.6) is 0 Å². The van der Waals surface area contributed by atoms with Gasteiger partial charge in [0.1, 0.15) is 5.58 Å². The lowest BCUT2D eigenvalue weighted by molar-refractivity contribution is 0.626. The fraction of sp³-hybridized carbons (Fsp3) is 0. The van der Waals surface area contributed by atoms with Crippen LogP contribution in [0.15, 0.2) is 57.7 Å². The highest BCUT2D eigenvalue weighted by atomic mass is 35.5. The molecular weight excluding hydrogens is 262 g/mol. The Morgan fingerprint density at radius 1 is 1.00 bits per heavy atom. The molecule has 0 unspecified atom stereocenters. The largest absolute Gasteiger partial charge is 0.440 e. The summed E-state index contributed by atoms with van der Waals surface area (Å²) in [5.41, 5.74) is 7.28. The molecule has 0 aliphatic heterocycles. The molecular formula is C15H10ClNO2. The molecule has 0 saturated carbocycles. The van der Waals surface area contributed by atoms with Crippen molar-refractivity contribution >= 4 is 28.5 Å². The second-order valence-corrected chi connectivity index (χ2v) is 4.61. The molecule has 1 aromatic heterocycles. The van der Waals surface area contributed by atoms with Crippen molar-refractivity contribution in [1.29, 1.82) is 0 Å². The Morgan fingerprint density at radius 3 is 2.42 bits per heavy atom. The van der Waals surface area contributed by atoms with Crippen molar-refractivity contribution in [3.63, 3.8) is 0 Å². The number of nitrogen functional groups attached to an aromatic ring is 1. The molecule has 19 heavy (non-hydrogen) atoms. The summed E-state index contributed by atoms with van der Waals surface area (Å²) >= 11 is 5.84. The first-order valence-electron chi connectivity index (χ1n) is 5.74. The molecule has 2 N–H and O–H groups in total. The zero-order valence-electron chi connectivity index (χ0n) is 9.89. The van der Waals surface area contributed by atoms with Crippen molar-refractivity contribution in [3.8, 4) is 11.1 Å². The van der Waals surface area contributed by atoms with Gasteiger partial charge in [0.2, 0.25) is 11.3 Å². The number of nitrogens with two attached hydrogens (primary N) is 1. The molecule has 0 fully saturated rings. The molecule has 0 bridgehead atoms. The topological polar surface area (TPSA) is 56.2 Å². The number of hydrogen-bond donors (Lipinski definition) is 1. The van der Waals surface area contributed by atoms with E-state index in [1.54, 1.807) is 48.5 Å². The summed E-state index contributed by atoms with van der Waals surface area (Å²) in [6.07, 6.45) is 0. The van der Waals surface area contributed by atoms with Gasteiger partial charge in [0.05, 0.1) is 10.9 Å². The molecule has 0 saturated heterocycles. The van der Waals surface area contributed by atoms with Crippen molar-refractivity contribution in [2.45, 2.75) is 0 Å². The Hall–Kier alpha value is -2.26. The van der Waals surface area contributed by atoms with Gasteiger partial charge in [-0.1, -0.05) is 35.9 Å². The van der Waals surface area contributed by atoms with Crippen molar-refractivity contribution in [2.24, 2.45) is 0 Å². The number of benzene rings is 2. The first-order valence-corrected chi connectivity index (χ1v) is 6.12. The van der Waals surface area contributed by atoms with Crippen LogP contribution in [0, 0.1) is 0 Å². The van der Waals surface area contributed by atoms with Gasteiger partial charge in [0.15, 0.2) is 0 Å². The van der Waals surface area contributed by atoms with Gasteiger partial charge in [0, 0.05) is 5.02 Å². The van der Waals surface area contributed by atoms with Crippen molar-refractivity contribution in [3.05, 3.63) is 63.8 Å². The average molecular weight is 272 g/mol. The van der Waals surface area contributed by atoms with Gasteiger partial charge in [0.25, 0.3) is 0 Å². The fourth-order valence-electron chi connectivity index (χ4n) is 2.05. The molecule has 3 nitrogen and oxygen atoms in total. The van der Waals surface area contributed by atoms with Gasteiger partial charge < -0.3 is 10.2 Å². The first-order chi connectivity index (χ1) is 9.16. The SMILES string of the molecule is Nc1oc2ccccc2c(=O)c1-c1ccc(Cl)cc1. The highest BCUT2D eigenvalue weighted by Crippen LogP contribution is 2.27. The third kappa shape index (κ3) is 1.98. The molecule has 4 heteroatoms. The van der Waals surface area contributed by atoms with Gasteiger partial charge in [-0.05, 0) is 29.8 Å². The highest BCUT2D eigenvalue weighted by Gasteiger charge is 2.13. The highest BCUT2D eigenvalue weighted by molar-refractivity contribution is 6.30. The quantitative estimate of drug-likeness (QED) is 0.734. The number of para-hydroxylation sites is 1. The normalized spacial score (nSPS) is 10.8. The lowest BCUT2D eigenvalue weighted by Gasteiger charge is -2.06. The van der Waals surface area contributed by atoms with Gasteiger partial charge in [-0.2, -0.15) is 0 Å². The van der Waals surface area contributed by atoms with E-state index in [2.05, 4.69) is 0 Å². The molecule has 0 spiro atoms. The summed E-state index contributed by atoms with van der Waals surface area (Å²) in [5.74, 6) is 0.117. The van der Waals surface area contributed by atoms with Crippen LogP contribution in [0.2, 0.25) is 5.02 Å². The molecule has 0 radical (unpaired) electrons. The third-order valence-electron chi connectivity index (χ3n) is 2.96. The number of halogens is 1. The predicted molar refractivity (Wildman–Crippen MR) is 77.3 cm³/mol. The van der Waals surface area contributed by atoms with Crippen LogP contribution in [0.25, 0.3) is 22.1 Å².